The minimum Gasteiger partial charge on any atom is -0.456 e. The van der Waals surface area contributed by atoms with Crippen molar-refractivity contribution in [1.82, 2.24) is 20.0 Å². The highest BCUT2D eigenvalue weighted by atomic mass is 16.5. The molecule has 10 nitrogen and oxygen atoms in total. The first-order valence-electron chi connectivity index (χ1n) is 11.0. The van der Waals surface area contributed by atoms with Crippen LogP contribution in [0.5, 0.6) is 0 Å². The van der Waals surface area contributed by atoms with Crippen LogP contribution in [0.1, 0.15) is 20.3 Å². The lowest BCUT2D eigenvalue weighted by atomic mass is 10.1. The van der Waals surface area contributed by atoms with Crippen molar-refractivity contribution >= 4 is 29.6 Å². The molecular formula is C25H25N5O5. The van der Waals surface area contributed by atoms with Crippen LogP contribution in [0, 0.1) is 0 Å². The number of para-hydroxylation sites is 1. The number of amides is 4. The van der Waals surface area contributed by atoms with E-state index in [1.807, 2.05) is 60.7 Å². The van der Waals surface area contributed by atoms with E-state index in [9.17, 15) is 19.2 Å². The number of benzene rings is 2. The molecule has 2 heterocycles. The standard InChI is InChI=1S/C25H25N5O5/c1-25(2)23(33)29(24(34)27-25)14-13-22(32)35-16-21(31)26-20-15-19(17-9-5-3-6-10-17)28-30(20)18-11-7-4-8-12-18/h3-12,15H,13-14,16H2,1-2H3,(H,26,31)(H,27,34). The molecule has 1 aliphatic rings. The number of hydrogen-bond acceptors (Lipinski definition) is 6. The molecule has 10 heteroatoms. The fourth-order valence-corrected chi connectivity index (χ4v) is 3.61. The summed E-state index contributed by atoms with van der Waals surface area (Å²) < 4.78 is 6.64. The van der Waals surface area contributed by atoms with Gasteiger partial charge in [0.05, 0.1) is 17.8 Å². The predicted molar refractivity (Wildman–Crippen MR) is 128 cm³/mol. The fraction of sp³-hybridized carbons (Fsp3) is 0.240. The van der Waals surface area contributed by atoms with Crippen molar-refractivity contribution in [2.45, 2.75) is 25.8 Å². The molecule has 2 aromatic carbocycles. The van der Waals surface area contributed by atoms with Crippen LogP contribution in [0.4, 0.5) is 10.6 Å². The predicted octanol–water partition coefficient (Wildman–Crippen LogP) is 2.74. The second-order valence-electron chi connectivity index (χ2n) is 8.50. The summed E-state index contributed by atoms with van der Waals surface area (Å²) in [5.74, 6) is -1.26. The SMILES string of the molecule is CC1(C)NC(=O)N(CCC(=O)OCC(=O)Nc2cc(-c3ccccc3)nn2-c2ccccc2)C1=O. The van der Waals surface area contributed by atoms with Gasteiger partial charge in [0.1, 0.15) is 11.4 Å². The third kappa shape index (κ3) is 5.37. The highest BCUT2D eigenvalue weighted by Gasteiger charge is 2.44. The molecule has 2 N–H and O–H groups in total. The molecule has 35 heavy (non-hydrogen) atoms. The second kappa shape index (κ2) is 9.80. The summed E-state index contributed by atoms with van der Waals surface area (Å²) in [6.07, 6.45) is -0.220. The van der Waals surface area contributed by atoms with Crippen LogP contribution >= 0.6 is 0 Å². The van der Waals surface area contributed by atoms with E-state index in [1.165, 1.54) is 0 Å². The van der Waals surface area contributed by atoms with Gasteiger partial charge in [-0.15, -0.1) is 0 Å². The average molecular weight is 476 g/mol. The Morgan fingerprint density at radius 1 is 1.03 bits per heavy atom. The molecule has 1 aliphatic heterocycles. The molecule has 4 rings (SSSR count). The van der Waals surface area contributed by atoms with Gasteiger partial charge >= 0.3 is 12.0 Å². The minimum atomic E-state index is -1.01. The van der Waals surface area contributed by atoms with E-state index in [4.69, 9.17) is 4.74 Å². The summed E-state index contributed by atoms with van der Waals surface area (Å²) in [6.45, 7) is 2.51. The Labute approximate surface area is 201 Å². The number of nitrogens with one attached hydrogen (secondary N) is 2. The van der Waals surface area contributed by atoms with E-state index in [0.717, 1.165) is 16.2 Å². The number of anilines is 1. The Hall–Kier alpha value is -4.47. The zero-order valence-electron chi connectivity index (χ0n) is 19.4. The Bertz CT molecular complexity index is 1250. The molecule has 3 aromatic rings. The van der Waals surface area contributed by atoms with Crippen LogP contribution in [0.25, 0.3) is 16.9 Å². The van der Waals surface area contributed by atoms with Crippen LogP contribution in [0.2, 0.25) is 0 Å². The Balaban J connectivity index is 1.38. The maximum absolute atomic E-state index is 12.5. The van der Waals surface area contributed by atoms with Gasteiger partial charge in [-0.3, -0.25) is 19.3 Å². The van der Waals surface area contributed by atoms with Crippen molar-refractivity contribution < 1.29 is 23.9 Å². The largest absolute Gasteiger partial charge is 0.456 e. The first-order valence-corrected chi connectivity index (χ1v) is 11.0. The third-order valence-corrected chi connectivity index (χ3v) is 5.40. The van der Waals surface area contributed by atoms with Crippen LogP contribution in [-0.4, -0.2) is 57.2 Å². The lowest BCUT2D eigenvalue weighted by molar-refractivity contribution is -0.147. The molecule has 1 saturated heterocycles. The van der Waals surface area contributed by atoms with Crippen molar-refractivity contribution in [3.05, 3.63) is 66.7 Å². The van der Waals surface area contributed by atoms with Gasteiger partial charge < -0.3 is 15.4 Å². The van der Waals surface area contributed by atoms with Crippen molar-refractivity contribution in [3.63, 3.8) is 0 Å². The molecule has 0 bridgehead atoms. The lowest BCUT2D eigenvalue weighted by Crippen LogP contribution is -2.40. The van der Waals surface area contributed by atoms with Gasteiger partial charge in [-0.25, -0.2) is 9.48 Å². The first-order chi connectivity index (χ1) is 16.7. The number of urea groups is 1. The maximum Gasteiger partial charge on any atom is 0.325 e. The number of rotatable bonds is 8. The molecule has 180 valence electrons. The quantitative estimate of drug-likeness (QED) is 0.382. The van der Waals surface area contributed by atoms with Crippen molar-refractivity contribution in [3.8, 4) is 16.9 Å². The summed E-state index contributed by atoms with van der Waals surface area (Å²) in [4.78, 5) is 49.7. The van der Waals surface area contributed by atoms with E-state index in [1.54, 1.807) is 24.6 Å². The molecule has 1 aromatic heterocycles. The zero-order chi connectivity index (χ0) is 25.0. The van der Waals surface area contributed by atoms with E-state index in [0.29, 0.717) is 11.5 Å². The second-order valence-corrected chi connectivity index (χ2v) is 8.50. The van der Waals surface area contributed by atoms with E-state index in [2.05, 4.69) is 15.7 Å². The number of imide groups is 1. The number of carbonyl (C=O) groups excluding carboxylic acids is 4. The number of esters is 1. The smallest absolute Gasteiger partial charge is 0.325 e. The topological polar surface area (TPSA) is 123 Å². The molecule has 4 amide bonds. The first kappa shape index (κ1) is 23.7. The number of aromatic nitrogens is 2. The fourth-order valence-electron chi connectivity index (χ4n) is 3.61. The lowest BCUT2D eigenvalue weighted by Gasteiger charge is -2.15. The van der Waals surface area contributed by atoms with Crippen LogP contribution in [0.3, 0.4) is 0 Å². The highest BCUT2D eigenvalue weighted by Crippen LogP contribution is 2.24. The van der Waals surface area contributed by atoms with Crippen LogP contribution < -0.4 is 10.6 Å². The van der Waals surface area contributed by atoms with Crippen molar-refractivity contribution in [2.75, 3.05) is 18.5 Å². The Kier molecular flexibility index (Phi) is 6.63. The molecule has 0 radical (unpaired) electrons. The molecule has 0 unspecified atom stereocenters. The Morgan fingerprint density at radius 3 is 2.31 bits per heavy atom. The minimum absolute atomic E-state index is 0.129. The monoisotopic (exact) mass is 475 g/mol. The molecule has 0 saturated carbocycles. The highest BCUT2D eigenvalue weighted by molar-refractivity contribution is 6.06. The zero-order valence-corrected chi connectivity index (χ0v) is 19.4. The average Bonchev–Trinajstić information content (AvgIpc) is 3.35. The maximum atomic E-state index is 12.5. The number of carbonyl (C=O) groups is 4. The van der Waals surface area contributed by atoms with Gasteiger partial charge in [-0.1, -0.05) is 48.5 Å². The number of ether oxygens (including phenoxy) is 1. The van der Waals surface area contributed by atoms with Crippen molar-refractivity contribution in [2.24, 2.45) is 0 Å². The molecule has 0 aliphatic carbocycles. The van der Waals surface area contributed by atoms with E-state index in [-0.39, 0.29) is 13.0 Å². The molecule has 1 fully saturated rings. The number of hydrogen-bond donors (Lipinski definition) is 2. The third-order valence-electron chi connectivity index (χ3n) is 5.40. The van der Waals surface area contributed by atoms with Crippen LogP contribution in [-0.2, 0) is 19.1 Å². The molecule has 0 atom stereocenters. The molecule has 0 spiro atoms. The van der Waals surface area contributed by atoms with Gasteiger partial charge in [-0.2, -0.15) is 5.10 Å². The van der Waals surface area contributed by atoms with Gasteiger partial charge in [0.25, 0.3) is 11.8 Å². The summed E-state index contributed by atoms with van der Waals surface area (Å²) in [6, 6.07) is 20.0. The van der Waals surface area contributed by atoms with E-state index >= 15 is 0 Å². The summed E-state index contributed by atoms with van der Waals surface area (Å²) in [5, 5.41) is 9.89. The summed E-state index contributed by atoms with van der Waals surface area (Å²) in [5.41, 5.74) is 1.28. The number of nitrogens with zero attached hydrogens (tertiary/aromatic N) is 3. The van der Waals surface area contributed by atoms with Gasteiger partial charge in [-0.05, 0) is 26.0 Å². The van der Waals surface area contributed by atoms with Crippen LogP contribution in [0.15, 0.2) is 66.7 Å². The van der Waals surface area contributed by atoms with Crippen molar-refractivity contribution in [1.29, 1.82) is 0 Å². The summed E-state index contributed by atoms with van der Waals surface area (Å²) in [7, 11) is 0. The Morgan fingerprint density at radius 2 is 1.69 bits per heavy atom. The van der Waals surface area contributed by atoms with Gasteiger partial charge in [0.15, 0.2) is 6.61 Å². The van der Waals surface area contributed by atoms with E-state index < -0.39 is 36.0 Å². The van der Waals surface area contributed by atoms with Gasteiger partial charge in [0.2, 0.25) is 0 Å². The molecular weight excluding hydrogens is 450 g/mol. The van der Waals surface area contributed by atoms with Gasteiger partial charge in [0, 0.05) is 18.2 Å². The summed E-state index contributed by atoms with van der Waals surface area (Å²) >= 11 is 0. The normalized spacial score (nSPS) is 14.5.